The van der Waals surface area contributed by atoms with Gasteiger partial charge in [0.25, 0.3) is 5.91 Å². The summed E-state index contributed by atoms with van der Waals surface area (Å²) in [6, 6.07) is 12.9. The Kier molecular flexibility index (Phi) is 3.67. The van der Waals surface area contributed by atoms with Crippen LogP contribution >= 0.6 is 0 Å². The number of carbonyl (C=O) groups excluding carboxylic acids is 2. The number of urea groups is 1. The molecule has 1 heterocycles. The van der Waals surface area contributed by atoms with Crippen molar-refractivity contribution in [2.75, 3.05) is 13.2 Å². The Morgan fingerprint density at radius 1 is 1.12 bits per heavy atom. The molecular formula is C19H17FN2O3. The van der Waals surface area contributed by atoms with E-state index in [0.29, 0.717) is 12.2 Å². The van der Waals surface area contributed by atoms with Crippen LogP contribution in [0.15, 0.2) is 48.5 Å². The van der Waals surface area contributed by atoms with Crippen molar-refractivity contribution in [3.8, 4) is 5.75 Å². The van der Waals surface area contributed by atoms with Gasteiger partial charge in [-0.2, -0.15) is 0 Å². The number of halogens is 1. The van der Waals surface area contributed by atoms with Crippen molar-refractivity contribution in [1.29, 1.82) is 0 Å². The molecule has 0 unspecified atom stereocenters. The number of amides is 3. The predicted octanol–water partition coefficient (Wildman–Crippen LogP) is 2.60. The fourth-order valence-corrected chi connectivity index (χ4v) is 3.58. The Morgan fingerprint density at radius 3 is 2.68 bits per heavy atom. The summed E-state index contributed by atoms with van der Waals surface area (Å²) in [4.78, 5) is 26.5. The topological polar surface area (TPSA) is 58.6 Å². The maximum atomic E-state index is 12.9. The molecule has 2 aliphatic rings. The summed E-state index contributed by atoms with van der Waals surface area (Å²) in [6.45, 7) is 0.300. The molecule has 6 heteroatoms. The van der Waals surface area contributed by atoms with Crippen LogP contribution in [-0.2, 0) is 16.8 Å². The highest BCUT2D eigenvalue weighted by atomic mass is 19.1. The molecule has 1 saturated heterocycles. The average molecular weight is 340 g/mol. The van der Waals surface area contributed by atoms with Crippen LogP contribution in [0.25, 0.3) is 0 Å². The van der Waals surface area contributed by atoms with Gasteiger partial charge in [-0.25, -0.2) is 9.18 Å². The van der Waals surface area contributed by atoms with Crippen LogP contribution in [-0.4, -0.2) is 30.0 Å². The molecule has 4 rings (SSSR count). The molecule has 128 valence electrons. The summed E-state index contributed by atoms with van der Waals surface area (Å²) in [6.07, 6.45) is 1.34. The molecule has 3 amide bonds. The Hall–Kier alpha value is -2.89. The SMILES string of the molecule is O=C1N[C@@]2(CCc3ccccc32)C(=O)N1CCOc1ccc(F)cc1. The lowest BCUT2D eigenvalue weighted by Crippen LogP contribution is -2.42. The van der Waals surface area contributed by atoms with Crippen LogP contribution in [0.3, 0.4) is 0 Å². The number of aryl methyl sites for hydroxylation is 1. The third-order valence-corrected chi connectivity index (χ3v) is 4.82. The van der Waals surface area contributed by atoms with Crippen LogP contribution in [0.5, 0.6) is 5.75 Å². The van der Waals surface area contributed by atoms with Crippen LogP contribution in [0.4, 0.5) is 9.18 Å². The Labute approximate surface area is 144 Å². The summed E-state index contributed by atoms with van der Waals surface area (Å²) >= 11 is 0. The van der Waals surface area contributed by atoms with Crippen molar-refractivity contribution in [3.63, 3.8) is 0 Å². The third-order valence-electron chi connectivity index (χ3n) is 4.82. The van der Waals surface area contributed by atoms with Crippen molar-refractivity contribution in [2.24, 2.45) is 0 Å². The van der Waals surface area contributed by atoms with Gasteiger partial charge < -0.3 is 10.1 Å². The molecule has 2 aromatic carbocycles. The Bertz CT molecular complexity index is 837. The first kappa shape index (κ1) is 15.6. The van der Waals surface area contributed by atoms with E-state index >= 15 is 0 Å². The number of nitrogens with one attached hydrogen (secondary N) is 1. The molecular weight excluding hydrogens is 323 g/mol. The fourth-order valence-electron chi connectivity index (χ4n) is 3.58. The number of fused-ring (bicyclic) bond motifs is 2. The number of hydrogen-bond acceptors (Lipinski definition) is 3. The number of carbonyl (C=O) groups is 2. The molecule has 1 aliphatic heterocycles. The summed E-state index contributed by atoms with van der Waals surface area (Å²) in [7, 11) is 0. The minimum Gasteiger partial charge on any atom is -0.492 e. The molecule has 0 radical (unpaired) electrons. The van der Waals surface area contributed by atoms with Crippen LogP contribution in [0, 0.1) is 5.82 Å². The number of rotatable bonds is 4. The first-order valence-electron chi connectivity index (χ1n) is 8.21. The molecule has 2 aromatic rings. The highest BCUT2D eigenvalue weighted by Gasteiger charge is 2.54. The Morgan fingerprint density at radius 2 is 1.88 bits per heavy atom. The van der Waals surface area contributed by atoms with Gasteiger partial charge in [-0.15, -0.1) is 0 Å². The largest absolute Gasteiger partial charge is 0.492 e. The second-order valence-corrected chi connectivity index (χ2v) is 6.25. The van der Waals surface area contributed by atoms with Gasteiger partial charge in [0.05, 0.1) is 6.54 Å². The molecule has 1 atom stereocenters. The predicted molar refractivity (Wildman–Crippen MR) is 88.6 cm³/mol. The lowest BCUT2D eigenvalue weighted by Gasteiger charge is -2.22. The zero-order chi connectivity index (χ0) is 17.4. The quantitative estimate of drug-likeness (QED) is 0.871. The number of hydrogen-bond donors (Lipinski definition) is 1. The van der Waals surface area contributed by atoms with E-state index in [1.165, 1.54) is 29.2 Å². The number of imide groups is 1. The molecule has 1 N–H and O–H groups in total. The van der Waals surface area contributed by atoms with Gasteiger partial charge >= 0.3 is 6.03 Å². The van der Waals surface area contributed by atoms with Crippen LogP contribution < -0.4 is 10.1 Å². The maximum Gasteiger partial charge on any atom is 0.325 e. The lowest BCUT2D eigenvalue weighted by atomic mass is 9.92. The molecule has 5 nitrogen and oxygen atoms in total. The second-order valence-electron chi connectivity index (χ2n) is 6.25. The van der Waals surface area contributed by atoms with Crippen molar-refractivity contribution < 1.29 is 18.7 Å². The van der Waals surface area contributed by atoms with Crippen molar-refractivity contribution >= 4 is 11.9 Å². The minimum absolute atomic E-state index is 0.145. The van der Waals surface area contributed by atoms with E-state index in [9.17, 15) is 14.0 Å². The van der Waals surface area contributed by atoms with Crippen LogP contribution in [0.2, 0.25) is 0 Å². The molecule has 1 fully saturated rings. The summed E-state index contributed by atoms with van der Waals surface area (Å²) in [5, 5.41) is 2.87. The normalized spacial score (nSPS) is 21.6. The van der Waals surface area contributed by atoms with E-state index in [2.05, 4.69) is 5.32 Å². The fraction of sp³-hybridized carbons (Fsp3) is 0.263. The van der Waals surface area contributed by atoms with Gasteiger partial charge in [0.2, 0.25) is 0 Å². The molecule has 0 aromatic heterocycles. The standard InChI is InChI=1S/C19H17FN2O3/c20-14-5-7-15(8-6-14)25-12-11-22-17(23)19(21-18(22)24)10-9-13-3-1-2-4-16(13)19/h1-8H,9-12H2,(H,21,24)/t19-/m1/s1. The van der Waals surface area contributed by atoms with Crippen molar-refractivity contribution in [1.82, 2.24) is 10.2 Å². The number of benzene rings is 2. The molecule has 25 heavy (non-hydrogen) atoms. The van der Waals surface area contributed by atoms with Gasteiger partial charge in [-0.3, -0.25) is 9.69 Å². The highest BCUT2D eigenvalue weighted by Crippen LogP contribution is 2.41. The summed E-state index contributed by atoms with van der Waals surface area (Å²) in [5.41, 5.74) is 1.04. The van der Waals surface area contributed by atoms with Gasteiger partial charge in [0.1, 0.15) is 23.7 Å². The monoisotopic (exact) mass is 340 g/mol. The van der Waals surface area contributed by atoms with E-state index in [4.69, 9.17) is 4.74 Å². The van der Waals surface area contributed by atoms with Crippen molar-refractivity contribution in [2.45, 2.75) is 18.4 Å². The molecule has 1 aliphatic carbocycles. The Balaban J connectivity index is 1.46. The smallest absolute Gasteiger partial charge is 0.325 e. The second kappa shape index (κ2) is 5.88. The first-order valence-corrected chi connectivity index (χ1v) is 8.21. The van der Waals surface area contributed by atoms with E-state index in [1.807, 2.05) is 24.3 Å². The lowest BCUT2D eigenvalue weighted by molar-refractivity contribution is -0.131. The van der Waals surface area contributed by atoms with E-state index in [-0.39, 0.29) is 24.9 Å². The maximum absolute atomic E-state index is 12.9. The van der Waals surface area contributed by atoms with Gasteiger partial charge in [-0.05, 0) is 48.2 Å². The zero-order valence-corrected chi connectivity index (χ0v) is 13.5. The van der Waals surface area contributed by atoms with Crippen molar-refractivity contribution in [3.05, 3.63) is 65.5 Å². The molecule has 0 bridgehead atoms. The third kappa shape index (κ3) is 2.54. The number of ether oxygens (including phenoxy) is 1. The number of nitrogens with zero attached hydrogens (tertiary/aromatic N) is 1. The van der Waals surface area contributed by atoms with Gasteiger partial charge in [-0.1, -0.05) is 24.3 Å². The minimum atomic E-state index is -0.941. The van der Waals surface area contributed by atoms with E-state index in [1.54, 1.807) is 0 Å². The summed E-state index contributed by atoms with van der Waals surface area (Å²) in [5.74, 6) is -0.0807. The first-order chi connectivity index (χ1) is 12.1. The molecule has 1 spiro atoms. The van der Waals surface area contributed by atoms with E-state index in [0.717, 1.165) is 17.5 Å². The van der Waals surface area contributed by atoms with Gasteiger partial charge in [0.15, 0.2) is 0 Å². The average Bonchev–Trinajstić information content (AvgIpc) is 3.10. The summed E-state index contributed by atoms with van der Waals surface area (Å²) < 4.78 is 18.4. The van der Waals surface area contributed by atoms with Crippen LogP contribution in [0.1, 0.15) is 17.5 Å². The zero-order valence-electron chi connectivity index (χ0n) is 13.5. The van der Waals surface area contributed by atoms with E-state index < -0.39 is 11.6 Å². The van der Waals surface area contributed by atoms with Gasteiger partial charge in [0, 0.05) is 0 Å². The molecule has 0 saturated carbocycles. The highest BCUT2D eigenvalue weighted by molar-refractivity contribution is 6.08.